The van der Waals surface area contributed by atoms with Crippen molar-refractivity contribution >= 4 is 25.1 Å². The van der Waals surface area contributed by atoms with Crippen LogP contribution in [-0.2, 0) is 65.4 Å². The van der Waals surface area contributed by atoms with Crippen molar-refractivity contribution < 1.29 is 65.4 Å². The third-order valence-corrected chi connectivity index (χ3v) is 1.25. The third-order valence-electron chi connectivity index (χ3n) is 1.25. The van der Waals surface area contributed by atoms with E-state index >= 15 is 0 Å². The largest absolute Gasteiger partial charge is 0.647 e. The molecule has 0 fully saturated rings. The standard InChI is InChI=1S/2C6H10N2.2Y/c1-6(2,3)5(7)8-4;1-6(2,3)4-8-5-7;;/h4H,1-3H3;5H,1-3H3;;/q2*-2;;. The topological polar surface area (TPSA) is 69.3 Å². The summed E-state index contributed by atoms with van der Waals surface area (Å²) in [6.45, 7) is 16.2. The Balaban J connectivity index is -0.0000000980. The van der Waals surface area contributed by atoms with E-state index in [9.17, 15) is 0 Å². The van der Waals surface area contributed by atoms with Crippen LogP contribution in [0.15, 0.2) is 9.98 Å². The first-order valence-corrected chi connectivity index (χ1v) is 4.95. The predicted molar refractivity (Wildman–Crippen MR) is 72.6 cm³/mol. The minimum atomic E-state index is -0.311. The van der Waals surface area contributed by atoms with E-state index in [0.29, 0.717) is 0 Å². The first-order chi connectivity index (χ1) is 7.04. The molecule has 0 amide bonds. The van der Waals surface area contributed by atoms with Crippen molar-refractivity contribution in [1.82, 2.24) is 0 Å². The second kappa shape index (κ2) is 12.9. The molecule has 0 heterocycles. The molecular weight excluding hydrogens is 378 g/mol. The number of amidine groups is 1. The van der Waals surface area contributed by atoms with Crippen LogP contribution in [0.4, 0.5) is 0 Å². The molecule has 0 unspecified atom stereocenters. The summed E-state index contributed by atoms with van der Waals surface area (Å²) in [5.74, 6) is -0.0162. The monoisotopic (exact) mass is 398 g/mol. The molecule has 0 aliphatic rings. The van der Waals surface area contributed by atoms with Gasteiger partial charge in [0, 0.05) is 65.4 Å². The molecule has 0 saturated heterocycles. The molecule has 0 rings (SSSR count). The molecule has 0 aliphatic carbocycles. The summed E-state index contributed by atoms with van der Waals surface area (Å²) in [7, 11) is 0. The van der Waals surface area contributed by atoms with E-state index in [0.717, 1.165) is 6.34 Å². The summed E-state index contributed by atoms with van der Waals surface area (Å²) in [4.78, 5) is 6.56. The Morgan fingerprint density at radius 1 is 1.11 bits per heavy atom. The molecular formula is C12H20N4Y2-4. The average Bonchev–Trinajstić information content (AvgIpc) is 2.11. The van der Waals surface area contributed by atoms with E-state index in [1.165, 1.54) is 0 Å². The van der Waals surface area contributed by atoms with Crippen LogP contribution in [-0.4, -0.2) is 25.1 Å². The zero-order chi connectivity index (χ0) is 13.4. The fraction of sp³-hybridized carbons (Fsp3) is 0.667. The molecule has 0 bridgehead atoms. The number of aliphatic imine (C=N–C) groups is 2. The number of hydrogen-bond donors (Lipinski definition) is 0. The van der Waals surface area contributed by atoms with Gasteiger partial charge >= 0.3 is 0 Å². The van der Waals surface area contributed by atoms with Crippen LogP contribution >= 0.6 is 0 Å². The first-order valence-electron chi connectivity index (χ1n) is 4.95. The Hall–Kier alpha value is 0.888. The van der Waals surface area contributed by atoms with Gasteiger partial charge in [0.05, 0.1) is 0 Å². The van der Waals surface area contributed by atoms with Gasteiger partial charge in [-0.25, -0.2) is 5.84 Å². The fourth-order valence-electron chi connectivity index (χ4n) is 0.416. The smallest absolute Gasteiger partial charge is 0 e. The molecule has 6 heteroatoms. The van der Waals surface area contributed by atoms with Gasteiger partial charge in [-0.05, 0) is 0 Å². The van der Waals surface area contributed by atoms with E-state index < -0.39 is 0 Å². The van der Waals surface area contributed by atoms with Crippen molar-refractivity contribution in [1.29, 1.82) is 0 Å². The second-order valence-corrected chi connectivity index (χ2v) is 5.31. The molecule has 0 aromatic heterocycles. The number of nitrogens with zero attached hydrogens (tertiary/aromatic N) is 4. The predicted octanol–water partition coefficient (Wildman–Crippen LogP) is 3.15. The van der Waals surface area contributed by atoms with Gasteiger partial charge in [0.2, 0.25) is 0 Å². The Bertz CT molecular complexity index is 273. The van der Waals surface area contributed by atoms with Gasteiger partial charge in [-0.2, -0.15) is 0 Å². The second-order valence-electron chi connectivity index (χ2n) is 5.31. The maximum atomic E-state index is 8.82. The van der Waals surface area contributed by atoms with Gasteiger partial charge in [-0.3, -0.25) is 6.34 Å². The molecule has 0 atom stereocenters. The first kappa shape index (κ1) is 27.3. The van der Waals surface area contributed by atoms with E-state index in [-0.39, 0.29) is 82.1 Å². The van der Waals surface area contributed by atoms with Crippen molar-refractivity contribution in [3.05, 3.63) is 10.8 Å². The maximum absolute atomic E-state index is 8.82. The molecule has 4 nitrogen and oxygen atoms in total. The van der Waals surface area contributed by atoms with Gasteiger partial charge < -0.3 is 33.7 Å². The zero-order valence-corrected chi connectivity index (χ0v) is 17.8. The van der Waals surface area contributed by atoms with Crippen molar-refractivity contribution in [2.24, 2.45) is 20.8 Å². The molecule has 18 heavy (non-hydrogen) atoms. The summed E-state index contributed by atoms with van der Waals surface area (Å²) in [6, 6.07) is 0. The molecule has 0 spiro atoms. The van der Waals surface area contributed by atoms with Gasteiger partial charge in [0.25, 0.3) is 0 Å². The number of rotatable bonds is 1. The third kappa shape index (κ3) is 22.1. The zero-order valence-electron chi connectivity index (χ0n) is 12.1. The summed E-state index contributed by atoms with van der Waals surface area (Å²) in [5.41, 5.74) is -0.367. The average molecular weight is 398 g/mol. The minimum absolute atomic E-state index is 0. The number of hydrogen-bond acceptors (Lipinski definition) is 0. The van der Waals surface area contributed by atoms with Crippen LogP contribution in [0.25, 0.3) is 10.8 Å². The van der Waals surface area contributed by atoms with Gasteiger partial charge in [-0.1, -0.05) is 47.0 Å². The normalized spacial score (nSPS) is 10.3. The summed E-state index contributed by atoms with van der Waals surface area (Å²) in [5, 5.41) is 16.9. The minimum Gasteiger partial charge on any atom is -0.647 e. The quantitative estimate of drug-likeness (QED) is 0.370. The van der Waals surface area contributed by atoms with E-state index in [1.54, 1.807) is 0 Å². The summed E-state index contributed by atoms with van der Waals surface area (Å²) < 4.78 is 0. The Labute approximate surface area is 162 Å². The molecule has 0 saturated carbocycles. The van der Waals surface area contributed by atoms with E-state index in [2.05, 4.69) is 16.2 Å². The fourth-order valence-corrected chi connectivity index (χ4v) is 0.416. The van der Waals surface area contributed by atoms with Crippen LogP contribution < -0.4 is 0 Å². The van der Waals surface area contributed by atoms with Gasteiger partial charge in [0.1, 0.15) is 0 Å². The molecule has 0 N–H and O–H groups in total. The molecule has 0 aromatic carbocycles. The maximum Gasteiger partial charge on any atom is 0 e. The Kier molecular flexibility index (Phi) is 19.5. The summed E-state index contributed by atoms with van der Waals surface area (Å²) >= 11 is 0. The molecule has 98 valence electrons. The van der Waals surface area contributed by atoms with Crippen LogP contribution in [0.1, 0.15) is 41.5 Å². The van der Waals surface area contributed by atoms with Crippen molar-refractivity contribution in [2.75, 3.05) is 0 Å². The Morgan fingerprint density at radius 3 is 1.56 bits per heavy atom. The van der Waals surface area contributed by atoms with Crippen molar-refractivity contribution in [3.63, 3.8) is 0 Å². The van der Waals surface area contributed by atoms with Crippen LogP contribution in [0, 0.1) is 10.8 Å². The van der Waals surface area contributed by atoms with Gasteiger partial charge in [-0.15, -0.1) is 5.41 Å². The molecule has 0 aromatic rings. The van der Waals surface area contributed by atoms with E-state index in [4.69, 9.17) is 17.5 Å². The van der Waals surface area contributed by atoms with Crippen LogP contribution in [0.5, 0.6) is 0 Å². The van der Waals surface area contributed by atoms with Crippen LogP contribution in [0.2, 0.25) is 0 Å². The van der Waals surface area contributed by atoms with E-state index in [1.807, 2.05) is 41.5 Å². The van der Waals surface area contributed by atoms with Crippen LogP contribution in [0.3, 0.4) is 0 Å². The summed E-state index contributed by atoms with van der Waals surface area (Å²) in [6.07, 6.45) is 3.43. The molecule has 2 radical (unpaired) electrons. The van der Waals surface area contributed by atoms with Crippen molar-refractivity contribution in [3.8, 4) is 0 Å². The SMILES string of the molecule is CC(C)(C)[C-]=NC=[N-].[CH-]=NC(=[N-])C(C)(C)C.[Y].[Y]. The molecule has 0 aliphatic heterocycles. The Morgan fingerprint density at radius 2 is 1.50 bits per heavy atom. The van der Waals surface area contributed by atoms with Crippen molar-refractivity contribution in [2.45, 2.75) is 41.5 Å². The van der Waals surface area contributed by atoms with Gasteiger partial charge in [0.15, 0.2) is 0 Å².